The Kier molecular flexibility index (Phi) is 3.11. The molecule has 1 aromatic carbocycles. The summed E-state index contributed by atoms with van der Waals surface area (Å²) in [6.45, 7) is 0. The van der Waals surface area contributed by atoms with Crippen molar-refractivity contribution in [2.75, 3.05) is 12.9 Å². The molecular formula is C12H12O2S. The monoisotopic (exact) mass is 220 g/mol. The van der Waals surface area contributed by atoms with Crippen LogP contribution in [0.25, 0.3) is 0 Å². The number of thioether (sulfide) groups is 1. The molecule has 0 bridgehead atoms. The lowest BCUT2D eigenvalue weighted by Gasteiger charge is -2.12. The van der Waals surface area contributed by atoms with Crippen LogP contribution in [0.2, 0.25) is 0 Å². The highest BCUT2D eigenvalue weighted by molar-refractivity contribution is 8.00. The van der Waals surface area contributed by atoms with Crippen LogP contribution in [0, 0.1) is 0 Å². The molecule has 1 atom stereocenters. The van der Waals surface area contributed by atoms with Crippen LogP contribution in [0.3, 0.4) is 0 Å². The second-order valence-electron chi connectivity index (χ2n) is 3.28. The molecule has 78 valence electrons. The average molecular weight is 220 g/mol. The Morgan fingerprint density at radius 1 is 1.40 bits per heavy atom. The number of rotatable bonds is 2. The molecule has 0 spiro atoms. The van der Waals surface area contributed by atoms with Crippen LogP contribution in [0.1, 0.15) is 10.8 Å². The number of carbonyl (C=O) groups excluding carboxylic acids is 1. The molecule has 0 N–H and O–H groups in total. The number of esters is 1. The standard InChI is InChI=1S/C12H12O2S/c1-14-12(13)10-7-8-15-11(10)9-5-3-2-4-6-9/h2-7,11H,8H2,1H3. The van der Waals surface area contributed by atoms with Gasteiger partial charge in [0.25, 0.3) is 0 Å². The topological polar surface area (TPSA) is 26.3 Å². The summed E-state index contributed by atoms with van der Waals surface area (Å²) in [5.74, 6) is 0.665. The van der Waals surface area contributed by atoms with Crippen molar-refractivity contribution in [3.05, 3.63) is 47.5 Å². The van der Waals surface area contributed by atoms with Gasteiger partial charge in [0.1, 0.15) is 0 Å². The van der Waals surface area contributed by atoms with Crippen molar-refractivity contribution in [3.8, 4) is 0 Å². The minimum absolute atomic E-state index is 0.138. The highest BCUT2D eigenvalue weighted by Gasteiger charge is 2.27. The molecule has 1 aromatic rings. The summed E-state index contributed by atoms with van der Waals surface area (Å²) in [7, 11) is 1.42. The van der Waals surface area contributed by atoms with Crippen molar-refractivity contribution >= 4 is 17.7 Å². The molecule has 0 aliphatic carbocycles. The van der Waals surface area contributed by atoms with E-state index in [1.54, 1.807) is 11.8 Å². The minimum atomic E-state index is -0.214. The van der Waals surface area contributed by atoms with Crippen LogP contribution in [-0.4, -0.2) is 18.8 Å². The molecule has 1 heterocycles. The quantitative estimate of drug-likeness (QED) is 0.716. The third kappa shape index (κ3) is 2.07. The van der Waals surface area contributed by atoms with E-state index in [1.807, 2.05) is 36.4 Å². The van der Waals surface area contributed by atoms with Gasteiger partial charge in [0.05, 0.1) is 17.9 Å². The molecule has 3 heteroatoms. The lowest BCUT2D eigenvalue weighted by Crippen LogP contribution is -2.08. The molecule has 2 nitrogen and oxygen atoms in total. The van der Waals surface area contributed by atoms with E-state index in [0.29, 0.717) is 0 Å². The normalized spacial score (nSPS) is 19.8. The van der Waals surface area contributed by atoms with E-state index in [9.17, 15) is 4.79 Å². The van der Waals surface area contributed by atoms with Gasteiger partial charge in [0.15, 0.2) is 0 Å². The first kappa shape index (κ1) is 10.3. The van der Waals surface area contributed by atoms with Crippen molar-refractivity contribution in [3.63, 3.8) is 0 Å². The minimum Gasteiger partial charge on any atom is -0.466 e. The Bertz CT molecular complexity index is 384. The Hall–Kier alpha value is -1.22. The van der Waals surface area contributed by atoms with E-state index < -0.39 is 0 Å². The first-order valence-corrected chi connectivity index (χ1v) is 5.82. The molecule has 1 aliphatic heterocycles. The fourth-order valence-electron chi connectivity index (χ4n) is 1.64. The zero-order valence-corrected chi connectivity index (χ0v) is 9.29. The van der Waals surface area contributed by atoms with E-state index in [4.69, 9.17) is 4.74 Å². The zero-order chi connectivity index (χ0) is 10.7. The van der Waals surface area contributed by atoms with Crippen LogP contribution in [0.5, 0.6) is 0 Å². The molecule has 1 aliphatic rings. The first-order chi connectivity index (χ1) is 7.33. The van der Waals surface area contributed by atoms with Gasteiger partial charge in [-0.15, -0.1) is 11.8 Å². The maximum Gasteiger partial charge on any atom is 0.334 e. The molecular weight excluding hydrogens is 208 g/mol. The molecule has 15 heavy (non-hydrogen) atoms. The van der Waals surface area contributed by atoms with Gasteiger partial charge in [-0.1, -0.05) is 36.4 Å². The fraction of sp³-hybridized carbons (Fsp3) is 0.250. The second kappa shape index (κ2) is 4.53. The Morgan fingerprint density at radius 3 is 2.80 bits per heavy atom. The summed E-state index contributed by atoms with van der Waals surface area (Å²) in [4.78, 5) is 11.5. The SMILES string of the molecule is COC(=O)C1=CCSC1c1ccccc1. The molecule has 0 fully saturated rings. The third-order valence-electron chi connectivity index (χ3n) is 2.37. The van der Waals surface area contributed by atoms with E-state index in [0.717, 1.165) is 16.9 Å². The number of hydrogen-bond acceptors (Lipinski definition) is 3. The smallest absolute Gasteiger partial charge is 0.334 e. The summed E-state index contributed by atoms with van der Waals surface area (Å²) < 4.78 is 4.77. The number of ether oxygens (including phenoxy) is 1. The van der Waals surface area contributed by atoms with Crippen LogP contribution in [0.4, 0.5) is 0 Å². The molecule has 0 aromatic heterocycles. The highest BCUT2D eigenvalue weighted by Crippen LogP contribution is 2.40. The van der Waals surface area contributed by atoms with Gasteiger partial charge in [0, 0.05) is 5.75 Å². The van der Waals surface area contributed by atoms with Crippen molar-refractivity contribution in [1.82, 2.24) is 0 Å². The number of methoxy groups -OCH3 is 1. The second-order valence-corrected chi connectivity index (χ2v) is 4.41. The van der Waals surface area contributed by atoms with Crippen molar-refractivity contribution in [2.24, 2.45) is 0 Å². The predicted molar refractivity (Wildman–Crippen MR) is 61.7 cm³/mol. The fourth-order valence-corrected chi connectivity index (χ4v) is 2.83. The highest BCUT2D eigenvalue weighted by atomic mass is 32.2. The van der Waals surface area contributed by atoms with Gasteiger partial charge in [-0.05, 0) is 5.56 Å². The Labute approximate surface area is 93.3 Å². The first-order valence-electron chi connectivity index (χ1n) is 4.78. The summed E-state index contributed by atoms with van der Waals surface area (Å²) in [6, 6.07) is 10.0. The maximum atomic E-state index is 11.5. The maximum absolute atomic E-state index is 11.5. The van der Waals surface area contributed by atoms with E-state index in [1.165, 1.54) is 7.11 Å². The van der Waals surface area contributed by atoms with E-state index >= 15 is 0 Å². The Balaban J connectivity index is 2.25. The molecule has 1 unspecified atom stereocenters. The van der Waals surface area contributed by atoms with Gasteiger partial charge in [-0.25, -0.2) is 4.79 Å². The summed E-state index contributed by atoms with van der Waals surface area (Å²) in [5.41, 5.74) is 1.94. The van der Waals surface area contributed by atoms with Crippen LogP contribution in [0.15, 0.2) is 42.0 Å². The zero-order valence-electron chi connectivity index (χ0n) is 8.47. The largest absolute Gasteiger partial charge is 0.466 e. The third-order valence-corrected chi connectivity index (χ3v) is 3.59. The van der Waals surface area contributed by atoms with Gasteiger partial charge in [-0.2, -0.15) is 0 Å². The molecule has 0 radical (unpaired) electrons. The van der Waals surface area contributed by atoms with Crippen molar-refractivity contribution in [2.45, 2.75) is 5.25 Å². The van der Waals surface area contributed by atoms with Crippen molar-refractivity contribution < 1.29 is 9.53 Å². The van der Waals surface area contributed by atoms with Gasteiger partial charge in [-0.3, -0.25) is 0 Å². The lowest BCUT2D eigenvalue weighted by atomic mass is 10.0. The van der Waals surface area contributed by atoms with Gasteiger partial charge in [0.2, 0.25) is 0 Å². The van der Waals surface area contributed by atoms with Gasteiger partial charge >= 0.3 is 5.97 Å². The number of benzene rings is 1. The van der Waals surface area contributed by atoms with E-state index in [2.05, 4.69) is 0 Å². The number of hydrogen-bond donors (Lipinski definition) is 0. The van der Waals surface area contributed by atoms with Crippen molar-refractivity contribution in [1.29, 1.82) is 0 Å². The van der Waals surface area contributed by atoms with Crippen LogP contribution in [-0.2, 0) is 9.53 Å². The number of carbonyl (C=O) groups is 1. The summed E-state index contributed by atoms with van der Waals surface area (Å²) in [6.07, 6.45) is 1.95. The molecule has 2 rings (SSSR count). The van der Waals surface area contributed by atoms with E-state index in [-0.39, 0.29) is 11.2 Å². The average Bonchev–Trinajstić information content (AvgIpc) is 2.78. The van der Waals surface area contributed by atoms with Crippen LogP contribution >= 0.6 is 11.8 Å². The molecule has 0 saturated carbocycles. The summed E-state index contributed by atoms with van der Waals surface area (Å²) >= 11 is 1.75. The molecule has 0 amide bonds. The predicted octanol–water partition coefficient (Wildman–Crippen LogP) is 2.57. The van der Waals surface area contributed by atoms with Crippen LogP contribution < -0.4 is 0 Å². The molecule has 0 saturated heterocycles. The Morgan fingerprint density at radius 2 is 2.13 bits per heavy atom. The summed E-state index contributed by atoms with van der Waals surface area (Å²) in [5, 5.41) is 0.138. The van der Waals surface area contributed by atoms with Gasteiger partial charge < -0.3 is 4.74 Å². The lowest BCUT2D eigenvalue weighted by molar-refractivity contribution is -0.136.